The van der Waals surface area contributed by atoms with Gasteiger partial charge in [-0.05, 0) is 12.3 Å². The van der Waals surface area contributed by atoms with Crippen LogP contribution in [0.4, 0.5) is 5.82 Å². The summed E-state index contributed by atoms with van der Waals surface area (Å²) in [4.78, 5) is 17.3. The zero-order chi connectivity index (χ0) is 12.1. The Morgan fingerprint density at radius 3 is 3.00 bits per heavy atom. The Labute approximate surface area is 99.9 Å². The van der Waals surface area contributed by atoms with Crippen LogP contribution >= 0.6 is 0 Å². The molecule has 0 amide bonds. The molecule has 1 saturated carbocycles. The third-order valence-electron chi connectivity index (χ3n) is 3.20. The van der Waals surface area contributed by atoms with Crippen molar-refractivity contribution in [1.29, 1.82) is 5.26 Å². The molecule has 0 radical (unpaired) electrons. The van der Waals surface area contributed by atoms with Crippen LogP contribution in [0.1, 0.15) is 37.8 Å². The second-order valence-corrected chi connectivity index (χ2v) is 4.46. The van der Waals surface area contributed by atoms with E-state index in [-0.39, 0.29) is 5.69 Å². The van der Waals surface area contributed by atoms with Crippen molar-refractivity contribution in [2.24, 2.45) is 5.92 Å². The molecule has 1 aromatic heterocycles. The number of nitrogens with one attached hydrogen (secondary N) is 2. The number of nitriles is 1. The maximum atomic E-state index is 11.1. The molecule has 2 N–H and O–H groups in total. The number of rotatable bonds is 4. The molecule has 0 saturated heterocycles. The van der Waals surface area contributed by atoms with E-state index in [1.165, 1.54) is 25.7 Å². The molecule has 1 aromatic rings. The van der Waals surface area contributed by atoms with Gasteiger partial charge >= 0.3 is 5.69 Å². The van der Waals surface area contributed by atoms with Crippen molar-refractivity contribution in [1.82, 2.24) is 9.97 Å². The van der Waals surface area contributed by atoms with Gasteiger partial charge in [0.25, 0.3) is 0 Å². The van der Waals surface area contributed by atoms with Gasteiger partial charge in [-0.25, -0.2) is 4.79 Å². The minimum absolute atomic E-state index is 0.244. The van der Waals surface area contributed by atoms with Crippen LogP contribution in [0.25, 0.3) is 0 Å². The highest BCUT2D eigenvalue weighted by Gasteiger charge is 2.14. The smallest absolute Gasteiger partial charge is 0.347 e. The third kappa shape index (κ3) is 3.31. The fourth-order valence-electron chi connectivity index (χ4n) is 2.31. The topological polar surface area (TPSA) is 81.6 Å². The molecule has 17 heavy (non-hydrogen) atoms. The quantitative estimate of drug-likeness (QED) is 0.826. The standard InChI is InChI=1S/C12H16N4O/c13-8-10-7-11(16-12(17)15-10)14-6-5-9-3-1-2-4-9/h7,9H,1-6H2,(H2,14,15,16,17). The van der Waals surface area contributed by atoms with E-state index in [1.807, 2.05) is 6.07 Å². The predicted molar refractivity (Wildman–Crippen MR) is 64.6 cm³/mol. The lowest BCUT2D eigenvalue weighted by Gasteiger charge is -2.09. The summed E-state index contributed by atoms with van der Waals surface area (Å²) in [5.74, 6) is 1.29. The molecule has 1 aliphatic carbocycles. The van der Waals surface area contributed by atoms with E-state index in [0.717, 1.165) is 18.9 Å². The van der Waals surface area contributed by atoms with Gasteiger partial charge in [-0.1, -0.05) is 25.7 Å². The Morgan fingerprint density at radius 2 is 2.29 bits per heavy atom. The Hall–Kier alpha value is -1.83. The van der Waals surface area contributed by atoms with Gasteiger partial charge in [0, 0.05) is 12.6 Å². The van der Waals surface area contributed by atoms with Crippen LogP contribution in [0.5, 0.6) is 0 Å². The van der Waals surface area contributed by atoms with Crippen LogP contribution < -0.4 is 11.0 Å². The minimum atomic E-state index is -0.479. The molecule has 5 heteroatoms. The van der Waals surface area contributed by atoms with E-state index in [9.17, 15) is 4.79 Å². The molecule has 0 atom stereocenters. The SMILES string of the molecule is N#Cc1cc(NCCC2CCCC2)nc(=O)[nH]1. The van der Waals surface area contributed by atoms with Gasteiger partial charge in [0.15, 0.2) is 0 Å². The Balaban J connectivity index is 1.88. The normalized spacial score (nSPS) is 15.7. The lowest BCUT2D eigenvalue weighted by Crippen LogP contribution is -2.16. The molecule has 1 fully saturated rings. The summed E-state index contributed by atoms with van der Waals surface area (Å²) in [6, 6.07) is 3.47. The number of aromatic nitrogens is 2. The van der Waals surface area contributed by atoms with E-state index in [1.54, 1.807) is 6.07 Å². The molecule has 1 heterocycles. The van der Waals surface area contributed by atoms with Crippen LogP contribution in [0, 0.1) is 17.2 Å². The van der Waals surface area contributed by atoms with E-state index in [0.29, 0.717) is 5.82 Å². The first-order valence-corrected chi connectivity index (χ1v) is 6.03. The fourth-order valence-corrected chi connectivity index (χ4v) is 2.31. The Kier molecular flexibility index (Phi) is 3.76. The van der Waals surface area contributed by atoms with Gasteiger partial charge in [0.2, 0.25) is 0 Å². The zero-order valence-electron chi connectivity index (χ0n) is 9.70. The van der Waals surface area contributed by atoms with Crippen molar-refractivity contribution in [2.45, 2.75) is 32.1 Å². The van der Waals surface area contributed by atoms with Gasteiger partial charge in [-0.2, -0.15) is 10.2 Å². The van der Waals surface area contributed by atoms with E-state index in [2.05, 4.69) is 15.3 Å². The highest BCUT2D eigenvalue weighted by molar-refractivity contribution is 5.38. The third-order valence-corrected chi connectivity index (χ3v) is 3.20. The lowest BCUT2D eigenvalue weighted by atomic mass is 10.0. The highest BCUT2D eigenvalue weighted by Crippen LogP contribution is 2.27. The second-order valence-electron chi connectivity index (χ2n) is 4.46. The predicted octanol–water partition coefficient (Wildman–Crippen LogP) is 1.63. The minimum Gasteiger partial charge on any atom is -0.370 e. The first-order chi connectivity index (χ1) is 8.28. The van der Waals surface area contributed by atoms with Crippen molar-refractivity contribution < 1.29 is 0 Å². The van der Waals surface area contributed by atoms with Crippen molar-refractivity contribution in [3.63, 3.8) is 0 Å². The summed E-state index contributed by atoms with van der Waals surface area (Å²) in [5.41, 5.74) is -0.235. The summed E-state index contributed by atoms with van der Waals surface area (Å²) < 4.78 is 0. The highest BCUT2D eigenvalue weighted by atomic mass is 16.1. The average molecular weight is 232 g/mol. The molecule has 0 unspecified atom stereocenters. The van der Waals surface area contributed by atoms with Crippen LogP contribution in [-0.4, -0.2) is 16.5 Å². The maximum Gasteiger partial charge on any atom is 0.347 e. The largest absolute Gasteiger partial charge is 0.370 e. The van der Waals surface area contributed by atoms with Crippen molar-refractivity contribution in [2.75, 3.05) is 11.9 Å². The monoisotopic (exact) mass is 232 g/mol. The Morgan fingerprint density at radius 1 is 1.53 bits per heavy atom. The molecule has 0 aromatic carbocycles. The molecule has 90 valence electrons. The summed E-state index contributed by atoms with van der Waals surface area (Å²) >= 11 is 0. The molecule has 5 nitrogen and oxygen atoms in total. The summed E-state index contributed by atoms with van der Waals surface area (Å²) in [6.07, 6.45) is 6.41. The number of nitrogens with zero attached hydrogens (tertiary/aromatic N) is 2. The molecule has 2 rings (SSSR count). The molecule has 1 aliphatic rings. The maximum absolute atomic E-state index is 11.1. The fraction of sp³-hybridized carbons (Fsp3) is 0.583. The molecule has 0 spiro atoms. The van der Waals surface area contributed by atoms with Crippen LogP contribution in [-0.2, 0) is 0 Å². The van der Waals surface area contributed by atoms with E-state index in [4.69, 9.17) is 5.26 Å². The number of H-pyrrole nitrogens is 1. The summed E-state index contributed by atoms with van der Waals surface area (Å²) in [6.45, 7) is 0.811. The van der Waals surface area contributed by atoms with Gasteiger partial charge in [-0.3, -0.25) is 4.98 Å². The van der Waals surface area contributed by atoms with Crippen molar-refractivity contribution >= 4 is 5.82 Å². The van der Waals surface area contributed by atoms with Crippen molar-refractivity contribution in [3.8, 4) is 6.07 Å². The van der Waals surface area contributed by atoms with Gasteiger partial charge in [0.1, 0.15) is 17.6 Å². The average Bonchev–Trinajstić information content (AvgIpc) is 2.81. The first kappa shape index (κ1) is 11.6. The van der Waals surface area contributed by atoms with Crippen LogP contribution in [0.3, 0.4) is 0 Å². The number of hydrogen-bond donors (Lipinski definition) is 2. The van der Waals surface area contributed by atoms with Crippen LogP contribution in [0.15, 0.2) is 10.9 Å². The first-order valence-electron chi connectivity index (χ1n) is 6.03. The van der Waals surface area contributed by atoms with Crippen LogP contribution in [0.2, 0.25) is 0 Å². The summed E-state index contributed by atoms with van der Waals surface area (Å²) in [5, 5.41) is 11.8. The number of anilines is 1. The zero-order valence-corrected chi connectivity index (χ0v) is 9.70. The number of hydrogen-bond acceptors (Lipinski definition) is 4. The molecular weight excluding hydrogens is 216 g/mol. The second kappa shape index (κ2) is 5.48. The molecular formula is C12H16N4O. The van der Waals surface area contributed by atoms with E-state index < -0.39 is 5.69 Å². The van der Waals surface area contributed by atoms with Crippen molar-refractivity contribution in [3.05, 3.63) is 22.2 Å². The molecule has 0 aliphatic heterocycles. The van der Waals surface area contributed by atoms with Gasteiger partial charge < -0.3 is 5.32 Å². The van der Waals surface area contributed by atoms with E-state index >= 15 is 0 Å². The summed E-state index contributed by atoms with van der Waals surface area (Å²) in [7, 11) is 0. The van der Waals surface area contributed by atoms with Gasteiger partial charge in [0.05, 0.1) is 0 Å². The lowest BCUT2D eigenvalue weighted by molar-refractivity contribution is 0.518. The number of aromatic amines is 1. The Bertz CT molecular complexity index is 468. The molecule has 0 bridgehead atoms. The van der Waals surface area contributed by atoms with Gasteiger partial charge in [-0.15, -0.1) is 0 Å².